The van der Waals surface area contributed by atoms with Crippen LogP contribution < -0.4 is 4.74 Å². The van der Waals surface area contributed by atoms with Gasteiger partial charge in [0.1, 0.15) is 5.75 Å². The maximum absolute atomic E-state index is 11.7. The number of hydrogen-bond donors (Lipinski definition) is 0. The van der Waals surface area contributed by atoms with Gasteiger partial charge >= 0.3 is 5.97 Å². The molecule has 2 aromatic carbocycles. The Morgan fingerprint density at radius 3 is 2.00 bits per heavy atom. The van der Waals surface area contributed by atoms with E-state index < -0.39 is 0 Å². The third-order valence-electron chi connectivity index (χ3n) is 4.10. The fourth-order valence-electron chi connectivity index (χ4n) is 2.65. The van der Waals surface area contributed by atoms with E-state index in [0.29, 0.717) is 12.2 Å². The highest BCUT2D eigenvalue weighted by atomic mass is 16.5. The van der Waals surface area contributed by atoms with Crippen molar-refractivity contribution in [3.8, 4) is 16.9 Å². The van der Waals surface area contributed by atoms with Crippen LogP contribution in [0.25, 0.3) is 11.1 Å². The highest BCUT2D eigenvalue weighted by Crippen LogP contribution is 2.23. The van der Waals surface area contributed by atoms with Crippen molar-refractivity contribution in [2.45, 2.75) is 46.0 Å². The van der Waals surface area contributed by atoms with Crippen molar-refractivity contribution in [3.63, 3.8) is 0 Å². The fraction of sp³-hybridized carbons (Fsp3) is 0.409. The topological polar surface area (TPSA) is 35.5 Å². The number of carbonyl (C=O) groups is 1. The zero-order chi connectivity index (χ0) is 17.9. The van der Waals surface area contributed by atoms with Crippen molar-refractivity contribution >= 4 is 5.97 Å². The second-order valence-corrected chi connectivity index (χ2v) is 6.08. The quantitative estimate of drug-likeness (QED) is 0.400. The standard InChI is InChI=1S/C22H28O3/c1-3-5-6-7-8-17-25-21-15-13-19(14-16-21)18-9-11-20(12-10-18)22(23)24-4-2/h9-16H,3-8,17H2,1-2H3. The van der Waals surface area contributed by atoms with Gasteiger partial charge in [-0.15, -0.1) is 0 Å². The van der Waals surface area contributed by atoms with Crippen molar-refractivity contribution in [1.82, 2.24) is 0 Å². The molecule has 0 heterocycles. The van der Waals surface area contributed by atoms with Gasteiger partial charge in [0.15, 0.2) is 0 Å². The summed E-state index contributed by atoms with van der Waals surface area (Å²) in [4.78, 5) is 11.7. The summed E-state index contributed by atoms with van der Waals surface area (Å²) in [6.07, 6.45) is 6.21. The Bertz CT molecular complexity index is 629. The average molecular weight is 340 g/mol. The van der Waals surface area contributed by atoms with E-state index in [0.717, 1.165) is 29.9 Å². The van der Waals surface area contributed by atoms with E-state index in [-0.39, 0.29) is 5.97 Å². The van der Waals surface area contributed by atoms with E-state index in [9.17, 15) is 4.79 Å². The zero-order valence-corrected chi connectivity index (χ0v) is 15.3. The molecule has 0 bridgehead atoms. The normalized spacial score (nSPS) is 10.5. The third-order valence-corrected chi connectivity index (χ3v) is 4.10. The molecule has 0 atom stereocenters. The smallest absolute Gasteiger partial charge is 0.338 e. The van der Waals surface area contributed by atoms with Crippen LogP contribution in [-0.4, -0.2) is 19.2 Å². The Hall–Kier alpha value is -2.29. The van der Waals surface area contributed by atoms with Crippen LogP contribution in [0.4, 0.5) is 0 Å². The molecule has 0 saturated carbocycles. The van der Waals surface area contributed by atoms with Gasteiger partial charge in [0, 0.05) is 0 Å². The molecule has 2 aromatic rings. The van der Waals surface area contributed by atoms with Gasteiger partial charge in [-0.3, -0.25) is 0 Å². The lowest BCUT2D eigenvalue weighted by atomic mass is 10.0. The molecule has 0 amide bonds. The first kappa shape index (κ1) is 19.0. The summed E-state index contributed by atoms with van der Waals surface area (Å²) in [5.74, 6) is 0.624. The Morgan fingerprint density at radius 1 is 0.800 bits per heavy atom. The first-order valence-corrected chi connectivity index (χ1v) is 9.25. The van der Waals surface area contributed by atoms with Crippen molar-refractivity contribution in [1.29, 1.82) is 0 Å². The summed E-state index contributed by atoms with van der Waals surface area (Å²) >= 11 is 0. The number of ether oxygens (including phenoxy) is 2. The van der Waals surface area contributed by atoms with Crippen LogP contribution in [-0.2, 0) is 4.74 Å². The number of rotatable bonds is 10. The van der Waals surface area contributed by atoms with E-state index in [1.165, 1.54) is 25.7 Å². The Morgan fingerprint density at radius 2 is 1.40 bits per heavy atom. The van der Waals surface area contributed by atoms with E-state index in [1.807, 2.05) is 36.4 Å². The van der Waals surface area contributed by atoms with Crippen LogP contribution in [0.3, 0.4) is 0 Å². The molecule has 3 nitrogen and oxygen atoms in total. The Balaban J connectivity index is 1.86. The Kier molecular flexibility index (Phi) is 8.03. The third kappa shape index (κ3) is 6.26. The molecule has 0 fully saturated rings. The number of carbonyl (C=O) groups excluding carboxylic acids is 1. The van der Waals surface area contributed by atoms with Crippen molar-refractivity contribution in [2.75, 3.05) is 13.2 Å². The van der Waals surface area contributed by atoms with Crippen molar-refractivity contribution in [2.24, 2.45) is 0 Å². The zero-order valence-electron chi connectivity index (χ0n) is 15.3. The molecule has 0 aliphatic carbocycles. The van der Waals surface area contributed by atoms with Crippen LogP contribution in [0.5, 0.6) is 5.75 Å². The second-order valence-electron chi connectivity index (χ2n) is 6.08. The predicted molar refractivity (Wildman–Crippen MR) is 102 cm³/mol. The van der Waals surface area contributed by atoms with Gasteiger partial charge in [-0.1, -0.05) is 56.9 Å². The van der Waals surface area contributed by atoms with Crippen LogP contribution >= 0.6 is 0 Å². The van der Waals surface area contributed by atoms with Crippen LogP contribution in [0.15, 0.2) is 48.5 Å². The number of esters is 1. The first-order valence-electron chi connectivity index (χ1n) is 9.25. The molecule has 0 aromatic heterocycles. The van der Waals surface area contributed by atoms with Gasteiger partial charge in [0.05, 0.1) is 18.8 Å². The minimum Gasteiger partial charge on any atom is -0.494 e. The lowest BCUT2D eigenvalue weighted by Crippen LogP contribution is -2.03. The lowest BCUT2D eigenvalue weighted by Gasteiger charge is -2.08. The second kappa shape index (κ2) is 10.5. The first-order chi connectivity index (χ1) is 12.2. The SMILES string of the molecule is CCCCCCCOc1ccc(-c2ccc(C(=O)OCC)cc2)cc1. The number of benzene rings is 2. The highest BCUT2D eigenvalue weighted by molar-refractivity contribution is 5.90. The van der Waals surface area contributed by atoms with E-state index in [1.54, 1.807) is 19.1 Å². The van der Waals surface area contributed by atoms with E-state index in [2.05, 4.69) is 6.92 Å². The molecule has 0 aliphatic rings. The van der Waals surface area contributed by atoms with Gasteiger partial charge in [0.2, 0.25) is 0 Å². The summed E-state index contributed by atoms with van der Waals surface area (Å²) < 4.78 is 10.8. The minimum absolute atomic E-state index is 0.281. The fourth-order valence-corrected chi connectivity index (χ4v) is 2.65. The molecule has 0 spiro atoms. The molecule has 2 rings (SSSR count). The molecule has 3 heteroatoms. The Labute approximate surface area is 151 Å². The molecule has 0 saturated heterocycles. The summed E-state index contributed by atoms with van der Waals surface area (Å²) in [5, 5.41) is 0. The van der Waals surface area contributed by atoms with Crippen LogP contribution in [0, 0.1) is 0 Å². The van der Waals surface area contributed by atoms with Gasteiger partial charge in [-0.2, -0.15) is 0 Å². The molecule has 0 unspecified atom stereocenters. The minimum atomic E-state index is -0.281. The van der Waals surface area contributed by atoms with Crippen molar-refractivity contribution in [3.05, 3.63) is 54.1 Å². The summed E-state index contributed by atoms with van der Waals surface area (Å²) in [7, 11) is 0. The monoisotopic (exact) mass is 340 g/mol. The van der Waals surface area contributed by atoms with E-state index >= 15 is 0 Å². The van der Waals surface area contributed by atoms with E-state index in [4.69, 9.17) is 9.47 Å². The maximum Gasteiger partial charge on any atom is 0.338 e. The van der Waals surface area contributed by atoms with Crippen molar-refractivity contribution < 1.29 is 14.3 Å². The largest absolute Gasteiger partial charge is 0.494 e. The van der Waals surface area contributed by atoms with Gasteiger partial charge in [-0.25, -0.2) is 4.79 Å². The molecular formula is C22H28O3. The molecule has 0 aliphatic heterocycles. The number of hydrogen-bond acceptors (Lipinski definition) is 3. The molecule has 0 N–H and O–H groups in total. The summed E-state index contributed by atoms with van der Waals surface area (Å²) in [6.45, 7) is 5.20. The number of unbranched alkanes of at least 4 members (excludes halogenated alkanes) is 4. The average Bonchev–Trinajstić information content (AvgIpc) is 2.65. The maximum atomic E-state index is 11.7. The highest BCUT2D eigenvalue weighted by Gasteiger charge is 2.06. The molecule has 0 radical (unpaired) electrons. The molecular weight excluding hydrogens is 312 g/mol. The van der Waals surface area contributed by atoms with Gasteiger partial charge < -0.3 is 9.47 Å². The molecule has 25 heavy (non-hydrogen) atoms. The molecule has 134 valence electrons. The summed E-state index contributed by atoms with van der Waals surface area (Å²) in [6, 6.07) is 15.6. The van der Waals surface area contributed by atoms with Crippen LogP contribution in [0.2, 0.25) is 0 Å². The van der Waals surface area contributed by atoms with Gasteiger partial charge in [-0.05, 0) is 48.7 Å². The lowest BCUT2D eigenvalue weighted by molar-refractivity contribution is 0.0526. The van der Waals surface area contributed by atoms with Crippen LogP contribution in [0.1, 0.15) is 56.3 Å². The predicted octanol–water partition coefficient (Wildman–Crippen LogP) is 5.88. The summed E-state index contributed by atoms with van der Waals surface area (Å²) in [5.41, 5.74) is 2.75. The van der Waals surface area contributed by atoms with Gasteiger partial charge in [0.25, 0.3) is 0 Å².